The van der Waals surface area contributed by atoms with Gasteiger partial charge in [-0.25, -0.2) is 9.59 Å². The highest BCUT2D eigenvalue weighted by Crippen LogP contribution is 2.26. The molecule has 0 aromatic carbocycles. The lowest BCUT2D eigenvalue weighted by molar-refractivity contribution is -0.136. The van der Waals surface area contributed by atoms with E-state index in [1.54, 1.807) is 0 Å². The van der Waals surface area contributed by atoms with Gasteiger partial charge in [-0.3, -0.25) is 0 Å². The molecule has 0 aliphatic carbocycles. The molecule has 82 valence electrons. The first kappa shape index (κ1) is 12.8. The van der Waals surface area contributed by atoms with E-state index < -0.39 is 35.5 Å². The monoisotopic (exact) mass is 224 g/mol. The van der Waals surface area contributed by atoms with Gasteiger partial charge < -0.3 is 15.7 Å². The first-order valence-corrected chi connectivity index (χ1v) is 3.17. The van der Waals surface area contributed by atoms with Crippen molar-refractivity contribution >= 4 is 17.7 Å². The van der Waals surface area contributed by atoms with Crippen LogP contribution in [0.3, 0.4) is 0 Å². The summed E-state index contributed by atoms with van der Waals surface area (Å²) in [6, 6.07) is 0. The zero-order chi connectivity index (χ0) is 12.2. The smallest absolute Gasteiger partial charge is 0.424 e. The van der Waals surface area contributed by atoms with E-state index in [2.05, 4.69) is 0 Å². The van der Waals surface area contributed by atoms with Gasteiger partial charge in [-0.05, 0) is 0 Å². The van der Waals surface area contributed by atoms with Crippen LogP contribution >= 0.6 is 0 Å². The van der Waals surface area contributed by atoms with Gasteiger partial charge in [0.25, 0.3) is 0 Å². The summed E-state index contributed by atoms with van der Waals surface area (Å²) in [4.78, 5) is 22.0. The molecule has 0 aromatic rings. The average molecular weight is 224 g/mol. The summed E-state index contributed by atoms with van der Waals surface area (Å²) in [5.41, 5.74) is 4.18. The van der Waals surface area contributed by atoms with Crippen LogP contribution in [0, 0.1) is 0 Å². The number of aliphatic carboxylic acids is 2. The Kier molecular flexibility index (Phi) is 3.75. The van der Waals surface area contributed by atoms with Crippen LogP contribution in [0.2, 0.25) is 0 Å². The van der Waals surface area contributed by atoms with Crippen LogP contribution in [0.5, 0.6) is 0 Å². The van der Waals surface area contributed by atoms with Crippen LogP contribution in [0.1, 0.15) is 0 Å². The summed E-state index contributed by atoms with van der Waals surface area (Å²) in [5, 5.41) is 16.3. The third-order valence-corrected chi connectivity index (χ3v) is 1.13. The lowest BCUT2D eigenvalue weighted by atomic mass is 10.1. The fourth-order valence-electron chi connectivity index (χ4n) is 0.620. The van der Waals surface area contributed by atoms with Crippen molar-refractivity contribution in [3.05, 3.63) is 17.2 Å². The molecular formula is C6H3F3N2O4. The fourth-order valence-corrected chi connectivity index (χ4v) is 0.620. The minimum atomic E-state index is -5.24. The topological polar surface area (TPSA) is 111 Å². The Labute approximate surface area is 79.9 Å². The quantitative estimate of drug-likeness (QED) is 0.311. The van der Waals surface area contributed by atoms with E-state index in [0.717, 1.165) is 0 Å². The summed E-state index contributed by atoms with van der Waals surface area (Å²) in [5.74, 6) is -4.20. The summed E-state index contributed by atoms with van der Waals surface area (Å²) in [6.45, 7) is 0. The molecule has 2 N–H and O–H groups in total. The Morgan fingerprint density at radius 1 is 1.27 bits per heavy atom. The van der Waals surface area contributed by atoms with Crippen molar-refractivity contribution in [2.45, 2.75) is 6.18 Å². The molecule has 0 radical (unpaired) electrons. The summed E-state index contributed by atoms with van der Waals surface area (Å²) in [6.07, 6.45) is -5.64. The standard InChI is InChI=1S/C6H3F3N2O4/c7-6(8,9)2(1-3(12)13)4(11-10)5(14)15/h1H,(H,12,13)(H,14,15)/b2-1-. The first-order valence-electron chi connectivity index (χ1n) is 3.17. The van der Waals surface area contributed by atoms with E-state index in [1.165, 1.54) is 0 Å². The minimum Gasteiger partial charge on any atom is -0.478 e. The lowest BCUT2D eigenvalue weighted by Crippen LogP contribution is -2.28. The zero-order valence-electron chi connectivity index (χ0n) is 6.82. The van der Waals surface area contributed by atoms with Gasteiger partial charge in [-0.15, -0.1) is 0 Å². The summed E-state index contributed by atoms with van der Waals surface area (Å²) in [7, 11) is 0. The van der Waals surface area contributed by atoms with Crippen LogP contribution in [-0.2, 0) is 9.59 Å². The molecule has 0 spiro atoms. The Morgan fingerprint density at radius 3 is 1.93 bits per heavy atom. The number of rotatable bonds is 3. The number of nitrogens with zero attached hydrogens (tertiary/aromatic N) is 2. The molecule has 0 unspecified atom stereocenters. The van der Waals surface area contributed by atoms with Gasteiger partial charge in [-0.2, -0.15) is 18.0 Å². The van der Waals surface area contributed by atoms with Crippen molar-refractivity contribution in [2.24, 2.45) is 0 Å². The number of carbonyl (C=O) groups is 2. The predicted molar refractivity (Wildman–Crippen MR) is 38.0 cm³/mol. The molecule has 0 saturated heterocycles. The maximum Gasteiger partial charge on any atom is 0.424 e. The zero-order valence-corrected chi connectivity index (χ0v) is 6.82. The average Bonchev–Trinajstić information content (AvgIpc) is 2.00. The normalized spacial score (nSPS) is 11.8. The van der Waals surface area contributed by atoms with E-state index in [9.17, 15) is 22.8 Å². The van der Waals surface area contributed by atoms with Crippen LogP contribution in [0.15, 0.2) is 11.6 Å². The third kappa shape index (κ3) is 3.61. The predicted octanol–water partition coefficient (Wildman–Crippen LogP) is 0.315. The Bertz CT molecular complexity index is 378. The molecule has 0 aliphatic rings. The van der Waals surface area contributed by atoms with Crippen molar-refractivity contribution in [3.63, 3.8) is 0 Å². The second-order valence-electron chi connectivity index (χ2n) is 2.15. The van der Waals surface area contributed by atoms with Crippen molar-refractivity contribution in [3.8, 4) is 0 Å². The van der Waals surface area contributed by atoms with E-state index in [0.29, 0.717) is 0 Å². The van der Waals surface area contributed by atoms with Crippen molar-refractivity contribution in [1.29, 1.82) is 0 Å². The minimum absolute atomic E-state index is 0.400. The number of hydrogen-bond acceptors (Lipinski definition) is 2. The summed E-state index contributed by atoms with van der Waals surface area (Å²) < 4.78 is 36.3. The van der Waals surface area contributed by atoms with Crippen LogP contribution in [0.25, 0.3) is 5.53 Å². The molecule has 0 fully saturated rings. The molecule has 0 aliphatic heterocycles. The van der Waals surface area contributed by atoms with Gasteiger partial charge in [0, 0.05) is 6.08 Å². The fraction of sp³-hybridized carbons (Fsp3) is 0.167. The van der Waals surface area contributed by atoms with Crippen molar-refractivity contribution in [1.82, 2.24) is 0 Å². The number of halogens is 3. The van der Waals surface area contributed by atoms with Gasteiger partial charge >= 0.3 is 23.8 Å². The van der Waals surface area contributed by atoms with Crippen LogP contribution < -0.4 is 0 Å². The molecule has 6 nitrogen and oxygen atoms in total. The first-order chi connectivity index (χ1) is 6.70. The Morgan fingerprint density at radius 2 is 1.73 bits per heavy atom. The maximum atomic E-state index is 12.1. The van der Waals surface area contributed by atoms with Crippen LogP contribution in [-0.4, -0.2) is 38.8 Å². The second kappa shape index (κ2) is 4.38. The number of hydrogen-bond donors (Lipinski definition) is 2. The van der Waals surface area contributed by atoms with E-state index in [1.807, 2.05) is 4.79 Å². The van der Waals surface area contributed by atoms with Gasteiger partial charge in [0.1, 0.15) is 0 Å². The molecule has 0 heterocycles. The molecule has 15 heavy (non-hydrogen) atoms. The van der Waals surface area contributed by atoms with Crippen LogP contribution in [0.4, 0.5) is 13.2 Å². The second-order valence-corrected chi connectivity index (χ2v) is 2.15. The molecule has 0 aromatic heterocycles. The van der Waals surface area contributed by atoms with Crippen molar-refractivity contribution < 1.29 is 37.8 Å². The van der Waals surface area contributed by atoms with Gasteiger partial charge in [0.15, 0.2) is 5.57 Å². The Balaban J connectivity index is 5.61. The lowest BCUT2D eigenvalue weighted by Gasteiger charge is -2.04. The highest BCUT2D eigenvalue weighted by molar-refractivity contribution is 6.40. The molecule has 0 bridgehead atoms. The molecule has 9 heteroatoms. The number of alkyl halides is 3. The summed E-state index contributed by atoms with van der Waals surface area (Å²) >= 11 is 0. The van der Waals surface area contributed by atoms with E-state index >= 15 is 0 Å². The number of carboxylic acids is 2. The largest absolute Gasteiger partial charge is 0.478 e. The third-order valence-electron chi connectivity index (χ3n) is 1.13. The van der Waals surface area contributed by atoms with Crippen molar-refractivity contribution in [2.75, 3.05) is 0 Å². The van der Waals surface area contributed by atoms with E-state index in [-0.39, 0.29) is 0 Å². The van der Waals surface area contributed by atoms with Gasteiger partial charge in [0.05, 0.1) is 0 Å². The van der Waals surface area contributed by atoms with Gasteiger partial charge in [-0.1, -0.05) is 0 Å². The SMILES string of the molecule is [N-]=[N+]=C(C(=O)O)/C(=C/C(=O)O)C(F)(F)F. The molecular weight excluding hydrogens is 221 g/mol. The highest BCUT2D eigenvalue weighted by atomic mass is 19.4. The molecule has 0 atom stereocenters. The molecule has 0 rings (SSSR count). The highest BCUT2D eigenvalue weighted by Gasteiger charge is 2.45. The molecule has 0 amide bonds. The Hall–Kier alpha value is -2.15. The maximum absolute atomic E-state index is 12.1. The molecule has 0 saturated carbocycles. The number of carboxylic acid groups (broad SMARTS) is 2. The van der Waals surface area contributed by atoms with E-state index in [4.69, 9.17) is 15.7 Å². The van der Waals surface area contributed by atoms with Gasteiger partial charge in [0.2, 0.25) is 0 Å².